The molecule has 0 saturated heterocycles. The van der Waals surface area contributed by atoms with Crippen LogP contribution in [0.5, 0.6) is 0 Å². The number of hydrogen-bond acceptors (Lipinski definition) is 4. The summed E-state index contributed by atoms with van der Waals surface area (Å²) < 4.78 is 0. The zero-order valence-electron chi connectivity index (χ0n) is 17.2. The van der Waals surface area contributed by atoms with Crippen LogP contribution in [0.15, 0.2) is 11.6 Å². The highest BCUT2D eigenvalue weighted by Crippen LogP contribution is 2.38. The maximum absolute atomic E-state index is 12.4. The Morgan fingerprint density at radius 3 is 2.56 bits per heavy atom. The number of aliphatic carboxylic acids is 1. The van der Waals surface area contributed by atoms with Crippen LogP contribution >= 0.6 is 0 Å². The Morgan fingerprint density at radius 2 is 1.93 bits per heavy atom. The Bertz CT molecular complexity index is 499. The second-order valence-corrected chi connectivity index (χ2v) is 8.31. The molecule has 3 N–H and O–H groups in total. The fourth-order valence-electron chi connectivity index (χ4n) is 4.23. The largest absolute Gasteiger partial charge is 0.481 e. The summed E-state index contributed by atoms with van der Waals surface area (Å²) in [7, 11) is 0. The van der Waals surface area contributed by atoms with Gasteiger partial charge in [0.25, 0.3) is 0 Å². The van der Waals surface area contributed by atoms with Crippen LogP contribution in [0.25, 0.3) is 0 Å². The number of carboxylic acid groups (broad SMARTS) is 1. The minimum absolute atomic E-state index is 0.110. The fourth-order valence-corrected chi connectivity index (χ4v) is 4.23. The third-order valence-electron chi connectivity index (χ3n) is 5.81. The number of ketones is 1. The molecule has 1 rings (SSSR count). The Hall–Kier alpha value is -1.20. The van der Waals surface area contributed by atoms with Crippen molar-refractivity contribution < 1.29 is 24.9 Å². The lowest BCUT2D eigenvalue weighted by Gasteiger charge is -2.24. The van der Waals surface area contributed by atoms with Crippen LogP contribution in [-0.2, 0) is 9.59 Å². The van der Waals surface area contributed by atoms with Crippen LogP contribution in [0.3, 0.4) is 0 Å². The summed E-state index contributed by atoms with van der Waals surface area (Å²) >= 11 is 0. The van der Waals surface area contributed by atoms with Crippen molar-refractivity contribution in [2.24, 2.45) is 17.8 Å². The molecule has 1 aliphatic carbocycles. The highest BCUT2D eigenvalue weighted by Gasteiger charge is 2.42. The normalized spacial score (nSPS) is 25.6. The van der Waals surface area contributed by atoms with Gasteiger partial charge in [0, 0.05) is 24.7 Å². The molecule has 0 heterocycles. The van der Waals surface area contributed by atoms with Gasteiger partial charge in [0.05, 0.1) is 12.2 Å². The summed E-state index contributed by atoms with van der Waals surface area (Å²) in [6.07, 6.45) is 7.98. The van der Waals surface area contributed by atoms with Crippen molar-refractivity contribution in [3.05, 3.63) is 11.6 Å². The second kappa shape index (κ2) is 12.3. The number of hydrogen-bond donors (Lipinski definition) is 3. The van der Waals surface area contributed by atoms with E-state index in [0.29, 0.717) is 25.2 Å². The second-order valence-electron chi connectivity index (χ2n) is 8.31. The summed E-state index contributed by atoms with van der Waals surface area (Å²) in [4.78, 5) is 23.0. The first-order valence-corrected chi connectivity index (χ1v) is 10.5. The predicted molar refractivity (Wildman–Crippen MR) is 106 cm³/mol. The highest BCUT2D eigenvalue weighted by molar-refractivity contribution is 5.84. The van der Waals surface area contributed by atoms with E-state index >= 15 is 0 Å². The maximum Gasteiger partial charge on any atom is 0.303 e. The van der Waals surface area contributed by atoms with Crippen molar-refractivity contribution in [2.45, 2.75) is 97.2 Å². The van der Waals surface area contributed by atoms with E-state index in [9.17, 15) is 19.8 Å². The first-order valence-electron chi connectivity index (χ1n) is 10.5. The zero-order valence-corrected chi connectivity index (χ0v) is 17.2. The van der Waals surface area contributed by atoms with Gasteiger partial charge in [0.15, 0.2) is 0 Å². The van der Waals surface area contributed by atoms with Crippen molar-refractivity contribution in [1.29, 1.82) is 0 Å². The SMILES string of the molecule is CCCCCC(O)/C=C(/C)[C@H]1[C@H](O)CC(=O)[C@@H]1CC[C@H](C)CCCC(=O)O. The first kappa shape index (κ1) is 23.8. The molecule has 1 aliphatic rings. The van der Waals surface area contributed by atoms with Crippen LogP contribution in [0.4, 0.5) is 0 Å². The van der Waals surface area contributed by atoms with Crippen LogP contribution < -0.4 is 0 Å². The van der Waals surface area contributed by atoms with Gasteiger partial charge in [-0.25, -0.2) is 0 Å². The van der Waals surface area contributed by atoms with Crippen LogP contribution in [0, 0.1) is 17.8 Å². The quantitative estimate of drug-likeness (QED) is 0.329. The van der Waals surface area contributed by atoms with E-state index in [1.165, 1.54) is 0 Å². The third-order valence-corrected chi connectivity index (χ3v) is 5.81. The molecule has 0 aromatic rings. The smallest absolute Gasteiger partial charge is 0.303 e. The average molecular weight is 383 g/mol. The standard InChI is InChI=1S/C22H38O5/c1-4-5-6-9-17(23)13-16(3)22-18(19(24)14-20(22)25)12-11-15(2)8-7-10-21(26)27/h13,15,17-18,20,22-23,25H,4-12,14H2,1-3H3,(H,26,27)/b16-13-/t15-,17?,18+,20-,22-/m1/s1. The number of aliphatic hydroxyl groups is 2. The van der Waals surface area contributed by atoms with Gasteiger partial charge in [-0.15, -0.1) is 0 Å². The predicted octanol–water partition coefficient (Wildman–Crippen LogP) is 4.11. The molecule has 27 heavy (non-hydrogen) atoms. The van der Waals surface area contributed by atoms with Crippen molar-refractivity contribution >= 4 is 11.8 Å². The molecule has 0 aromatic carbocycles. The molecule has 5 atom stereocenters. The van der Waals surface area contributed by atoms with Gasteiger partial charge in [-0.1, -0.05) is 51.2 Å². The fraction of sp³-hybridized carbons (Fsp3) is 0.818. The summed E-state index contributed by atoms with van der Waals surface area (Å²) in [5.41, 5.74) is 0.917. The number of carbonyl (C=O) groups is 2. The van der Waals surface area contributed by atoms with Gasteiger partial charge in [-0.3, -0.25) is 9.59 Å². The number of Topliss-reactive ketones (excluding diaryl/α,β-unsaturated/α-hetero) is 1. The summed E-state index contributed by atoms with van der Waals surface area (Å²) in [5, 5.41) is 29.3. The Labute approximate surface area is 163 Å². The van der Waals surface area contributed by atoms with Crippen LogP contribution in [-0.4, -0.2) is 39.3 Å². The number of unbranched alkanes of at least 4 members (excludes halogenated alkanes) is 2. The number of carbonyl (C=O) groups excluding carboxylic acids is 1. The summed E-state index contributed by atoms with van der Waals surface area (Å²) in [5.74, 6) is -0.696. The molecule has 5 heteroatoms. The highest BCUT2D eigenvalue weighted by atomic mass is 16.4. The summed E-state index contributed by atoms with van der Waals surface area (Å²) in [6.45, 7) is 6.13. The molecule has 0 spiro atoms. The van der Waals surface area contributed by atoms with E-state index in [-0.39, 0.29) is 30.5 Å². The molecule has 0 bridgehead atoms. The lowest BCUT2D eigenvalue weighted by atomic mass is 9.82. The molecule has 5 nitrogen and oxygen atoms in total. The lowest BCUT2D eigenvalue weighted by Crippen LogP contribution is -2.23. The lowest BCUT2D eigenvalue weighted by molar-refractivity contribution is -0.137. The third kappa shape index (κ3) is 8.56. The monoisotopic (exact) mass is 382 g/mol. The Morgan fingerprint density at radius 1 is 1.22 bits per heavy atom. The Kier molecular flexibility index (Phi) is 10.9. The molecule has 0 aromatic heterocycles. The molecule has 0 aliphatic heterocycles. The number of carboxylic acids is 1. The van der Waals surface area contributed by atoms with Gasteiger partial charge in [-0.05, 0) is 38.5 Å². The van der Waals surface area contributed by atoms with E-state index < -0.39 is 18.2 Å². The van der Waals surface area contributed by atoms with Crippen molar-refractivity contribution in [3.63, 3.8) is 0 Å². The van der Waals surface area contributed by atoms with Crippen LogP contribution in [0.1, 0.15) is 85.0 Å². The van der Waals surface area contributed by atoms with E-state index in [4.69, 9.17) is 5.11 Å². The number of rotatable bonds is 13. The Balaban J connectivity index is 2.60. The van der Waals surface area contributed by atoms with E-state index in [2.05, 4.69) is 13.8 Å². The maximum atomic E-state index is 12.4. The minimum Gasteiger partial charge on any atom is -0.481 e. The van der Waals surface area contributed by atoms with E-state index in [0.717, 1.165) is 37.7 Å². The molecule has 1 unspecified atom stereocenters. The van der Waals surface area contributed by atoms with Gasteiger partial charge >= 0.3 is 5.97 Å². The number of aliphatic hydroxyl groups excluding tert-OH is 2. The molecule has 1 saturated carbocycles. The average Bonchev–Trinajstić information content (AvgIpc) is 2.86. The van der Waals surface area contributed by atoms with Gasteiger partial charge in [0.2, 0.25) is 0 Å². The first-order chi connectivity index (χ1) is 12.8. The summed E-state index contributed by atoms with van der Waals surface area (Å²) in [6, 6.07) is 0. The molecule has 156 valence electrons. The molecule has 0 radical (unpaired) electrons. The topological polar surface area (TPSA) is 94.8 Å². The van der Waals surface area contributed by atoms with Crippen molar-refractivity contribution in [2.75, 3.05) is 0 Å². The van der Waals surface area contributed by atoms with Gasteiger partial charge in [-0.2, -0.15) is 0 Å². The van der Waals surface area contributed by atoms with Crippen LogP contribution in [0.2, 0.25) is 0 Å². The van der Waals surface area contributed by atoms with Gasteiger partial charge in [0.1, 0.15) is 5.78 Å². The van der Waals surface area contributed by atoms with Crippen molar-refractivity contribution in [1.82, 2.24) is 0 Å². The van der Waals surface area contributed by atoms with Crippen molar-refractivity contribution in [3.8, 4) is 0 Å². The molecule has 0 amide bonds. The minimum atomic E-state index is -0.769. The zero-order chi connectivity index (χ0) is 20.4. The van der Waals surface area contributed by atoms with E-state index in [1.54, 1.807) is 0 Å². The van der Waals surface area contributed by atoms with Gasteiger partial charge < -0.3 is 15.3 Å². The molecular weight excluding hydrogens is 344 g/mol. The van der Waals surface area contributed by atoms with E-state index in [1.807, 2.05) is 13.0 Å². The molecular formula is C22H38O5. The molecule has 1 fully saturated rings.